The predicted molar refractivity (Wildman–Crippen MR) is 161 cm³/mol. The van der Waals surface area contributed by atoms with Crippen LogP contribution in [-0.4, -0.2) is 57.4 Å². The van der Waals surface area contributed by atoms with Gasteiger partial charge in [0.1, 0.15) is 6.04 Å². The Morgan fingerprint density at radius 1 is 0.667 bits per heavy atom. The third-order valence-corrected chi connectivity index (χ3v) is 8.90. The fraction of sp³-hybridized carbons (Fsp3) is 0.229. The van der Waals surface area contributed by atoms with E-state index in [4.69, 9.17) is 11.6 Å². The molecule has 4 atom stereocenters. The van der Waals surface area contributed by atoms with E-state index in [0.29, 0.717) is 23.4 Å². The average Bonchev–Trinajstić information content (AvgIpc) is 3.32. The quantitative estimate of drug-likeness (QED) is 0.294. The molecule has 4 aromatic carbocycles. The maximum absolute atomic E-state index is 14.4. The van der Waals surface area contributed by atoms with Crippen molar-refractivity contribution in [2.24, 2.45) is 0 Å². The molecule has 2 saturated heterocycles. The van der Waals surface area contributed by atoms with E-state index in [1.54, 1.807) is 17.0 Å². The molecule has 2 amide bonds. The van der Waals surface area contributed by atoms with Crippen LogP contribution in [0.2, 0.25) is 5.02 Å². The Morgan fingerprint density at radius 2 is 1.17 bits per heavy atom. The molecule has 0 aromatic heterocycles. The van der Waals surface area contributed by atoms with Crippen molar-refractivity contribution in [1.29, 1.82) is 0 Å². The zero-order valence-electron chi connectivity index (χ0n) is 22.9. The molecule has 1 N–H and O–H groups in total. The van der Waals surface area contributed by atoms with Gasteiger partial charge in [-0.1, -0.05) is 121 Å². The number of amides is 2. The van der Waals surface area contributed by atoms with E-state index >= 15 is 0 Å². The molecule has 42 heavy (non-hydrogen) atoms. The maximum Gasteiger partial charge on any atom is 0.328 e. The average molecular weight is 579 g/mol. The predicted octanol–water partition coefficient (Wildman–Crippen LogP) is 5.96. The standard InChI is InChI=1S/C35H31ClN2O4/c36-28-19-11-10-18-27(28)31(25-16-8-3-9-17-25)33(39)37-22-26-20-21-29(32(37)35(41)42)38(26)34(40)30(23-12-4-1-5-13-23)24-14-6-2-7-15-24/h1-19,26,29-32H,20-22H2,(H,41,42)/t26-,29+,31?,32-/m0/s1. The molecule has 0 saturated carbocycles. The highest BCUT2D eigenvalue weighted by Crippen LogP contribution is 2.41. The van der Waals surface area contributed by atoms with Gasteiger partial charge < -0.3 is 14.9 Å². The molecular formula is C35H31ClN2O4. The molecule has 2 fully saturated rings. The van der Waals surface area contributed by atoms with Crippen LogP contribution in [0.25, 0.3) is 0 Å². The van der Waals surface area contributed by atoms with Gasteiger partial charge in [-0.25, -0.2) is 4.79 Å². The first-order valence-corrected chi connectivity index (χ1v) is 14.6. The van der Waals surface area contributed by atoms with Gasteiger partial charge in [0.2, 0.25) is 11.8 Å². The number of carbonyl (C=O) groups excluding carboxylic acids is 2. The van der Waals surface area contributed by atoms with Gasteiger partial charge in [-0.2, -0.15) is 0 Å². The second-order valence-electron chi connectivity index (χ2n) is 10.9. The topological polar surface area (TPSA) is 77.9 Å². The zero-order chi connectivity index (χ0) is 29.2. The second-order valence-corrected chi connectivity index (χ2v) is 11.3. The van der Waals surface area contributed by atoms with Gasteiger partial charge in [-0.15, -0.1) is 0 Å². The second kappa shape index (κ2) is 11.8. The van der Waals surface area contributed by atoms with Crippen LogP contribution in [0.15, 0.2) is 115 Å². The summed E-state index contributed by atoms with van der Waals surface area (Å²) >= 11 is 6.60. The SMILES string of the molecule is O=C(O)[C@@H]1[C@H]2CC[C@@H](CN1C(=O)C(c1ccccc1)c1ccccc1Cl)N2C(=O)C(c1ccccc1)c1ccccc1. The van der Waals surface area contributed by atoms with E-state index in [-0.39, 0.29) is 24.4 Å². The van der Waals surface area contributed by atoms with Crippen LogP contribution >= 0.6 is 11.6 Å². The molecule has 4 aromatic rings. The largest absolute Gasteiger partial charge is 0.480 e. The number of halogens is 1. The highest BCUT2D eigenvalue weighted by molar-refractivity contribution is 6.31. The third kappa shape index (κ3) is 5.07. The number of benzene rings is 4. The molecule has 212 valence electrons. The first-order valence-electron chi connectivity index (χ1n) is 14.2. The lowest BCUT2D eigenvalue weighted by molar-refractivity contribution is -0.161. The molecule has 6 rings (SSSR count). The van der Waals surface area contributed by atoms with Crippen molar-refractivity contribution < 1.29 is 19.5 Å². The monoisotopic (exact) mass is 578 g/mol. The number of carboxylic acids is 1. The van der Waals surface area contributed by atoms with Gasteiger partial charge in [-0.3, -0.25) is 9.59 Å². The molecule has 0 spiro atoms. The van der Waals surface area contributed by atoms with Crippen LogP contribution in [0.3, 0.4) is 0 Å². The van der Waals surface area contributed by atoms with Crippen LogP contribution < -0.4 is 0 Å². The number of carboxylic acid groups (broad SMARTS) is 1. The van der Waals surface area contributed by atoms with Gasteiger partial charge in [-0.05, 0) is 41.2 Å². The third-order valence-electron chi connectivity index (χ3n) is 8.55. The number of hydrogen-bond donors (Lipinski definition) is 1. The van der Waals surface area contributed by atoms with Crippen molar-refractivity contribution >= 4 is 29.4 Å². The smallest absolute Gasteiger partial charge is 0.328 e. The molecule has 1 unspecified atom stereocenters. The number of rotatable bonds is 7. The number of fused-ring (bicyclic) bond motifs is 2. The van der Waals surface area contributed by atoms with Crippen LogP contribution in [-0.2, 0) is 14.4 Å². The number of aliphatic carboxylic acids is 1. The van der Waals surface area contributed by atoms with Crippen molar-refractivity contribution in [2.45, 2.75) is 42.8 Å². The van der Waals surface area contributed by atoms with E-state index in [9.17, 15) is 19.5 Å². The van der Waals surface area contributed by atoms with E-state index in [1.165, 1.54) is 4.90 Å². The number of nitrogens with zero attached hydrogens (tertiary/aromatic N) is 2. The summed E-state index contributed by atoms with van der Waals surface area (Å²) in [4.78, 5) is 45.1. The zero-order valence-corrected chi connectivity index (χ0v) is 23.7. The lowest BCUT2D eigenvalue weighted by Gasteiger charge is -2.47. The number of likely N-dealkylation sites (tertiary alicyclic amines) is 1. The van der Waals surface area contributed by atoms with Crippen molar-refractivity contribution in [3.05, 3.63) is 143 Å². The minimum Gasteiger partial charge on any atom is -0.480 e. The highest BCUT2D eigenvalue weighted by atomic mass is 35.5. The van der Waals surface area contributed by atoms with Crippen molar-refractivity contribution in [1.82, 2.24) is 9.80 Å². The van der Waals surface area contributed by atoms with Crippen molar-refractivity contribution in [3.63, 3.8) is 0 Å². The van der Waals surface area contributed by atoms with E-state index in [0.717, 1.165) is 16.7 Å². The maximum atomic E-state index is 14.4. The Balaban J connectivity index is 1.38. The van der Waals surface area contributed by atoms with Crippen LogP contribution in [0.5, 0.6) is 0 Å². The Hall–Kier alpha value is -4.42. The van der Waals surface area contributed by atoms with E-state index < -0.39 is 29.9 Å². The summed E-state index contributed by atoms with van der Waals surface area (Å²) in [5.41, 5.74) is 3.06. The molecule has 0 radical (unpaired) electrons. The Labute approximate surface area is 250 Å². The Bertz CT molecular complexity index is 1540. The fourth-order valence-corrected chi connectivity index (χ4v) is 6.96. The van der Waals surface area contributed by atoms with Gasteiger partial charge in [0, 0.05) is 17.6 Å². The minimum absolute atomic E-state index is 0.135. The molecule has 6 nitrogen and oxygen atoms in total. The van der Waals surface area contributed by atoms with Crippen molar-refractivity contribution in [2.75, 3.05) is 6.54 Å². The summed E-state index contributed by atoms with van der Waals surface area (Å²) in [6.45, 7) is 0.141. The summed E-state index contributed by atoms with van der Waals surface area (Å²) in [5, 5.41) is 11.0. The Morgan fingerprint density at radius 3 is 1.69 bits per heavy atom. The lowest BCUT2D eigenvalue weighted by atomic mass is 9.87. The molecular weight excluding hydrogens is 548 g/mol. The fourth-order valence-electron chi connectivity index (χ4n) is 6.71. The van der Waals surface area contributed by atoms with E-state index in [2.05, 4.69) is 0 Å². The molecule has 7 heteroatoms. The lowest BCUT2D eigenvalue weighted by Crippen LogP contribution is -2.66. The van der Waals surface area contributed by atoms with Gasteiger partial charge in [0.15, 0.2) is 0 Å². The molecule has 2 aliphatic rings. The normalized spacial score (nSPS) is 20.4. The molecule has 2 aliphatic heterocycles. The van der Waals surface area contributed by atoms with Crippen LogP contribution in [0, 0.1) is 0 Å². The van der Waals surface area contributed by atoms with Gasteiger partial charge in [0.25, 0.3) is 0 Å². The summed E-state index contributed by atoms with van der Waals surface area (Å²) in [7, 11) is 0. The highest BCUT2D eigenvalue weighted by Gasteiger charge is 2.54. The summed E-state index contributed by atoms with van der Waals surface area (Å²) < 4.78 is 0. The number of carbonyl (C=O) groups is 3. The van der Waals surface area contributed by atoms with Crippen molar-refractivity contribution in [3.8, 4) is 0 Å². The summed E-state index contributed by atoms with van der Waals surface area (Å²) in [5.74, 6) is -2.93. The summed E-state index contributed by atoms with van der Waals surface area (Å²) in [6, 6.07) is 33.5. The first kappa shape index (κ1) is 27.7. The minimum atomic E-state index is -1.18. The number of piperazine rings is 1. The van der Waals surface area contributed by atoms with Crippen LogP contribution in [0.4, 0.5) is 0 Å². The van der Waals surface area contributed by atoms with Crippen LogP contribution in [0.1, 0.15) is 46.9 Å². The van der Waals surface area contributed by atoms with Gasteiger partial charge >= 0.3 is 5.97 Å². The molecule has 0 aliphatic carbocycles. The number of hydrogen-bond acceptors (Lipinski definition) is 3. The molecule has 2 heterocycles. The summed E-state index contributed by atoms with van der Waals surface area (Å²) in [6.07, 6.45) is 1.14. The first-order chi connectivity index (χ1) is 20.5. The van der Waals surface area contributed by atoms with Gasteiger partial charge in [0.05, 0.1) is 17.9 Å². The van der Waals surface area contributed by atoms with E-state index in [1.807, 2.05) is 103 Å². The Kier molecular flexibility index (Phi) is 7.81. The molecule has 2 bridgehead atoms.